The first kappa shape index (κ1) is 19.3. The molecule has 26 heavy (non-hydrogen) atoms. The van der Waals surface area contributed by atoms with Crippen LogP contribution < -0.4 is 9.64 Å². The van der Waals surface area contributed by atoms with Gasteiger partial charge >= 0.3 is 5.97 Å². The lowest BCUT2D eigenvalue weighted by Crippen LogP contribution is -2.22. The van der Waals surface area contributed by atoms with Crippen LogP contribution in [0.25, 0.3) is 0 Å². The Hall–Kier alpha value is -3.06. The van der Waals surface area contributed by atoms with Crippen LogP contribution in [0.2, 0.25) is 5.02 Å². The van der Waals surface area contributed by atoms with Crippen molar-refractivity contribution in [3.63, 3.8) is 0 Å². The molecule has 7 nitrogen and oxygen atoms in total. The first-order chi connectivity index (χ1) is 12.2. The first-order valence-electron chi connectivity index (χ1n) is 7.50. The van der Waals surface area contributed by atoms with Crippen LogP contribution in [0, 0.1) is 0 Å². The highest BCUT2D eigenvalue weighted by Crippen LogP contribution is 2.36. The van der Waals surface area contributed by atoms with Crippen molar-refractivity contribution < 1.29 is 29.3 Å². The van der Waals surface area contributed by atoms with Gasteiger partial charge < -0.3 is 19.8 Å². The maximum absolute atomic E-state index is 12.5. The van der Waals surface area contributed by atoms with Gasteiger partial charge in [0.05, 0.1) is 6.54 Å². The molecule has 0 unspecified atom stereocenters. The van der Waals surface area contributed by atoms with Gasteiger partial charge in [-0.1, -0.05) is 11.6 Å². The summed E-state index contributed by atoms with van der Waals surface area (Å²) in [7, 11) is 0. The zero-order valence-electron chi connectivity index (χ0n) is 14.0. The maximum Gasteiger partial charge on any atom is 0.308 e. The zero-order valence-corrected chi connectivity index (χ0v) is 14.8. The molecule has 1 amide bonds. The Morgan fingerprint density at radius 1 is 1.15 bits per heavy atom. The van der Waals surface area contributed by atoms with Gasteiger partial charge in [0.25, 0.3) is 11.9 Å². The molecule has 1 heterocycles. The number of carbonyl (C=O) groups excluding carboxylic acids is 2. The summed E-state index contributed by atoms with van der Waals surface area (Å²) in [6.07, 6.45) is 0. The normalized spacial score (nSPS) is 12.1. The van der Waals surface area contributed by atoms with Crippen LogP contribution in [0.4, 0.5) is 5.69 Å². The van der Waals surface area contributed by atoms with Gasteiger partial charge in [0, 0.05) is 30.1 Å². The van der Waals surface area contributed by atoms with Crippen molar-refractivity contribution in [2.75, 3.05) is 4.90 Å². The minimum Gasteiger partial charge on any atom is -0.504 e. The van der Waals surface area contributed by atoms with Gasteiger partial charge in [0.15, 0.2) is 11.5 Å². The molecule has 3 rings (SSSR count). The number of ether oxygens (including phenoxy) is 1. The van der Waals surface area contributed by atoms with Crippen molar-refractivity contribution in [1.29, 1.82) is 0 Å². The molecule has 2 N–H and O–H groups in total. The fourth-order valence-electron chi connectivity index (χ4n) is 2.40. The molecular formula is C18H16ClNO6. The molecule has 0 spiro atoms. The molecule has 0 saturated heterocycles. The van der Waals surface area contributed by atoms with Gasteiger partial charge in [-0.15, -0.1) is 0 Å². The minimum absolute atomic E-state index is 0.0162. The summed E-state index contributed by atoms with van der Waals surface area (Å²) < 4.78 is 4.90. The van der Waals surface area contributed by atoms with Crippen LogP contribution in [-0.2, 0) is 16.1 Å². The molecule has 136 valence electrons. The van der Waals surface area contributed by atoms with Crippen molar-refractivity contribution in [2.24, 2.45) is 0 Å². The van der Waals surface area contributed by atoms with Gasteiger partial charge in [-0.2, -0.15) is 0 Å². The van der Waals surface area contributed by atoms with E-state index in [1.54, 1.807) is 29.2 Å². The van der Waals surface area contributed by atoms with E-state index < -0.39 is 11.9 Å². The lowest BCUT2D eigenvalue weighted by molar-refractivity contribution is -0.134. The number of phenolic OH excluding ortho intramolecular Hbond substituents is 1. The number of esters is 1. The Morgan fingerprint density at radius 2 is 1.73 bits per heavy atom. The van der Waals surface area contributed by atoms with Crippen LogP contribution in [0.3, 0.4) is 0 Å². The highest BCUT2D eigenvalue weighted by atomic mass is 35.5. The number of carbonyl (C=O) groups is 3. The highest BCUT2D eigenvalue weighted by molar-refractivity contribution is 6.30. The van der Waals surface area contributed by atoms with E-state index in [0.717, 1.165) is 6.92 Å². The van der Waals surface area contributed by atoms with Gasteiger partial charge in [-0.3, -0.25) is 14.4 Å². The second-order valence-corrected chi connectivity index (χ2v) is 5.89. The number of aromatic hydroxyl groups is 1. The van der Waals surface area contributed by atoms with E-state index in [9.17, 15) is 14.7 Å². The molecule has 8 heteroatoms. The lowest BCUT2D eigenvalue weighted by Gasteiger charge is -2.15. The van der Waals surface area contributed by atoms with Crippen LogP contribution >= 0.6 is 11.6 Å². The van der Waals surface area contributed by atoms with Crippen molar-refractivity contribution in [3.05, 3.63) is 52.5 Å². The van der Waals surface area contributed by atoms with Crippen LogP contribution in [0.15, 0.2) is 36.4 Å². The van der Waals surface area contributed by atoms with Crippen molar-refractivity contribution in [1.82, 2.24) is 0 Å². The van der Waals surface area contributed by atoms with Crippen molar-refractivity contribution >= 4 is 35.1 Å². The van der Waals surface area contributed by atoms with Crippen LogP contribution in [0.5, 0.6) is 11.5 Å². The Balaban J connectivity index is 0.000000552. The topological polar surface area (TPSA) is 104 Å². The number of anilines is 1. The van der Waals surface area contributed by atoms with E-state index in [-0.39, 0.29) is 17.4 Å². The number of carboxylic acids is 1. The van der Waals surface area contributed by atoms with E-state index in [2.05, 4.69) is 0 Å². The molecule has 2 aromatic carbocycles. The summed E-state index contributed by atoms with van der Waals surface area (Å²) in [5, 5.41) is 17.9. The number of nitrogens with zero attached hydrogens (tertiary/aromatic N) is 1. The second-order valence-electron chi connectivity index (χ2n) is 5.46. The second kappa shape index (κ2) is 7.88. The van der Waals surface area contributed by atoms with E-state index >= 15 is 0 Å². The largest absolute Gasteiger partial charge is 0.504 e. The predicted octanol–water partition coefficient (Wildman–Crippen LogP) is 3.22. The number of hydrogen-bond donors (Lipinski definition) is 2. The summed E-state index contributed by atoms with van der Waals surface area (Å²) in [6.45, 7) is 2.65. The van der Waals surface area contributed by atoms with Crippen molar-refractivity contribution in [2.45, 2.75) is 20.4 Å². The summed E-state index contributed by atoms with van der Waals surface area (Å²) in [5.74, 6) is -1.79. The Bertz CT molecular complexity index is 859. The Kier molecular flexibility index (Phi) is 5.84. The number of benzene rings is 2. The molecule has 0 atom stereocenters. The molecular weight excluding hydrogens is 362 g/mol. The molecule has 2 aromatic rings. The zero-order chi connectivity index (χ0) is 19.4. The average molecular weight is 378 g/mol. The van der Waals surface area contributed by atoms with E-state index in [4.69, 9.17) is 26.2 Å². The Morgan fingerprint density at radius 3 is 2.27 bits per heavy atom. The summed E-state index contributed by atoms with van der Waals surface area (Å²) in [6, 6.07) is 9.74. The quantitative estimate of drug-likeness (QED) is 0.615. The van der Waals surface area contributed by atoms with Crippen LogP contribution in [0.1, 0.15) is 29.8 Å². The third-order valence-corrected chi connectivity index (χ3v) is 3.63. The number of hydrogen-bond acceptors (Lipinski definition) is 5. The third kappa shape index (κ3) is 4.52. The van der Waals surface area contributed by atoms with Gasteiger partial charge in [0.1, 0.15) is 0 Å². The van der Waals surface area contributed by atoms with E-state index in [1.165, 1.54) is 19.1 Å². The standard InChI is InChI=1S/C16H12ClNO4.C2H4O2/c1-9(19)22-15-7-13-10(6-14(15)20)8-18(16(13)21)12-4-2-11(17)3-5-12;1-2(3)4/h2-7,20H,8H2,1H3;1H3,(H,3,4). The minimum atomic E-state index is -0.833. The summed E-state index contributed by atoms with van der Waals surface area (Å²) in [4.78, 5) is 34.1. The fraction of sp³-hybridized carbons (Fsp3) is 0.167. The fourth-order valence-corrected chi connectivity index (χ4v) is 2.52. The number of amides is 1. The van der Waals surface area contributed by atoms with Gasteiger partial charge in [0.2, 0.25) is 0 Å². The molecule has 0 fully saturated rings. The maximum atomic E-state index is 12.5. The van der Waals surface area contributed by atoms with Gasteiger partial charge in [-0.25, -0.2) is 0 Å². The smallest absolute Gasteiger partial charge is 0.308 e. The number of aliphatic carboxylic acids is 1. The number of fused-ring (bicyclic) bond motifs is 1. The highest BCUT2D eigenvalue weighted by Gasteiger charge is 2.30. The average Bonchev–Trinajstić information content (AvgIpc) is 2.84. The number of halogens is 1. The monoisotopic (exact) mass is 377 g/mol. The molecule has 0 aromatic heterocycles. The molecule has 1 aliphatic heterocycles. The molecule has 0 bridgehead atoms. The van der Waals surface area contributed by atoms with Crippen molar-refractivity contribution in [3.8, 4) is 11.5 Å². The van der Waals surface area contributed by atoms with E-state index in [0.29, 0.717) is 28.4 Å². The number of carboxylic acid groups (broad SMARTS) is 1. The lowest BCUT2D eigenvalue weighted by atomic mass is 10.1. The first-order valence-corrected chi connectivity index (χ1v) is 7.88. The molecule has 0 aliphatic carbocycles. The molecule has 0 saturated carbocycles. The van der Waals surface area contributed by atoms with Crippen LogP contribution in [-0.4, -0.2) is 28.1 Å². The van der Waals surface area contributed by atoms with E-state index in [1.807, 2.05) is 0 Å². The SMILES string of the molecule is CC(=O)O.CC(=O)Oc1cc2c(cc1O)CN(c1ccc(Cl)cc1)C2=O. The summed E-state index contributed by atoms with van der Waals surface area (Å²) >= 11 is 5.85. The predicted molar refractivity (Wildman–Crippen MR) is 94.7 cm³/mol. The third-order valence-electron chi connectivity index (χ3n) is 3.38. The molecule has 0 radical (unpaired) electrons. The molecule has 1 aliphatic rings. The number of rotatable bonds is 2. The number of phenols is 1. The summed E-state index contributed by atoms with van der Waals surface area (Å²) in [5.41, 5.74) is 1.79. The Labute approximate surface area is 154 Å². The van der Waals surface area contributed by atoms with Gasteiger partial charge in [-0.05, 0) is 42.0 Å².